The molecule has 2 heterocycles. The van der Waals surface area contributed by atoms with E-state index in [1.54, 1.807) is 55.5 Å². The number of nitrogens with zero attached hydrogens (tertiary/aromatic N) is 1. The number of nitrogens with one attached hydrogen (secondary N) is 1. The van der Waals surface area contributed by atoms with Crippen molar-refractivity contribution < 1.29 is 18.8 Å². The largest absolute Gasteiger partial charge is 0.459 e. The SMILES string of the molecule is Cc1ccoc1C(=O)Nc1ccc(N2C(=O)c3cccc(Cl)c3C2=O)c2ccccc12. The van der Waals surface area contributed by atoms with E-state index in [0.717, 1.165) is 10.5 Å². The molecule has 1 aromatic heterocycles. The molecule has 1 aliphatic heterocycles. The number of aryl methyl sites for hydroxylation is 1. The van der Waals surface area contributed by atoms with E-state index in [-0.39, 0.29) is 27.8 Å². The fraction of sp³-hybridized carbons (Fsp3) is 0.0417. The van der Waals surface area contributed by atoms with Crippen LogP contribution in [0.2, 0.25) is 5.02 Å². The van der Waals surface area contributed by atoms with Crippen LogP contribution < -0.4 is 10.2 Å². The van der Waals surface area contributed by atoms with Crippen molar-refractivity contribution in [3.8, 4) is 0 Å². The highest BCUT2D eigenvalue weighted by Crippen LogP contribution is 2.38. The minimum Gasteiger partial charge on any atom is -0.459 e. The lowest BCUT2D eigenvalue weighted by Gasteiger charge is -2.18. The summed E-state index contributed by atoms with van der Waals surface area (Å²) in [5, 5.41) is 4.41. The maximum absolute atomic E-state index is 13.1. The van der Waals surface area contributed by atoms with Gasteiger partial charge in [-0.2, -0.15) is 0 Å². The first-order valence-corrected chi connectivity index (χ1v) is 9.89. The normalized spacial score (nSPS) is 13.0. The molecule has 0 radical (unpaired) electrons. The fourth-order valence-corrected chi connectivity index (χ4v) is 4.09. The number of fused-ring (bicyclic) bond motifs is 2. The van der Waals surface area contributed by atoms with Crippen molar-refractivity contribution in [1.29, 1.82) is 0 Å². The maximum atomic E-state index is 13.1. The zero-order valence-electron chi connectivity index (χ0n) is 16.3. The van der Waals surface area contributed by atoms with Crippen LogP contribution in [-0.4, -0.2) is 17.7 Å². The summed E-state index contributed by atoms with van der Waals surface area (Å²) >= 11 is 6.19. The Morgan fingerprint density at radius 2 is 1.71 bits per heavy atom. The molecule has 0 atom stereocenters. The van der Waals surface area contributed by atoms with Gasteiger partial charge >= 0.3 is 0 Å². The molecule has 0 saturated heterocycles. The van der Waals surface area contributed by atoms with Crippen LogP contribution in [-0.2, 0) is 0 Å². The predicted molar refractivity (Wildman–Crippen MR) is 118 cm³/mol. The Hall–Kier alpha value is -3.90. The second-order valence-corrected chi connectivity index (χ2v) is 7.58. The summed E-state index contributed by atoms with van der Waals surface area (Å²) in [6.45, 7) is 1.78. The Labute approximate surface area is 182 Å². The molecule has 0 aliphatic carbocycles. The van der Waals surface area contributed by atoms with Gasteiger partial charge in [0.05, 0.1) is 28.1 Å². The molecule has 31 heavy (non-hydrogen) atoms. The second-order valence-electron chi connectivity index (χ2n) is 7.17. The van der Waals surface area contributed by atoms with E-state index in [0.29, 0.717) is 22.1 Å². The molecule has 0 spiro atoms. The quantitative estimate of drug-likeness (QED) is 0.438. The number of hydrogen-bond acceptors (Lipinski definition) is 4. The van der Waals surface area contributed by atoms with E-state index < -0.39 is 11.8 Å². The van der Waals surface area contributed by atoms with Gasteiger partial charge in [0.15, 0.2) is 5.76 Å². The summed E-state index contributed by atoms with van der Waals surface area (Å²) in [4.78, 5) is 39.8. The van der Waals surface area contributed by atoms with Gasteiger partial charge < -0.3 is 9.73 Å². The van der Waals surface area contributed by atoms with Crippen LogP contribution in [0.1, 0.15) is 36.8 Å². The van der Waals surface area contributed by atoms with E-state index >= 15 is 0 Å². The third-order valence-electron chi connectivity index (χ3n) is 5.32. The van der Waals surface area contributed by atoms with Gasteiger partial charge in [0.2, 0.25) is 0 Å². The molecule has 0 bridgehead atoms. The monoisotopic (exact) mass is 430 g/mol. The van der Waals surface area contributed by atoms with Crippen molar-refractivity contribution in [2.24, 2.45) is 0 Å². The molecule has 1 aliphatic rings. The molecule has 4 aromatic rings. The molecular formula is C24H15ClN2O4. The average Bonchev–Trinajstić information content (AvgIpc) is 3.30. The molecular weight excluding hydrogens is 416 g/mol. The molecule has 0 unspecified atom stereocenters. The minimum absolute atomic E-state index is 0.198. The Morgan fingerprint density at radius 3 is 2.42 bits per heavy atom. The topological polar surface area (TPSA) is 79.6 Å². The zero-order chi connectivity index (χ0) is 21.7. The van der Waals surface area contributed by atoms with E-state index in [9.17, 15) is 14.4 Å². The van der Waals surface area contributed by atoms with E-state index in [4.69, 9.17) is 16.0 Å². The Balaban J connectivity index is 1.60. The van der Waals surface area contributed by atoms with Crippen molar-refractivity contribution in [2.45, 2.75) is 6.92 Å². The first-order chi connectivity index (χ1) is 15.0. The number of benzene rings is 3. The number of anilines is 2. The van der Waals surface area contributed by atoms with E-state index in [1.807, 2.05) is 12.1 Å². The smallest absolute Gasteiger partial charge is 0.291 e. The lowest BCUT2D eigenvalue weighted by Crippen LogP contribution is -2.29. The highest BCUT2D eigenvalue weighted by Gasteiger charge is 2.39. The van der Waals surface area contributed by atoms with Crippen molar-refractivity contribution in [2.75, 3.05) is 10.2 Å². The van der Waals surface area contributed by atoms with Crippen LogP contribution >= 0.6 is 11.6 Å². The Kier molecular flexibility index (Phi) is 4.38. The van der Waals surface area contributed by atoms with Crippen LogP contribution in [0, 0.1) is 6.92 Å². The number of halogens is 1. The Bertz CT molecular complexity index is 1410. The highest BCUT2D eigenvalue weighted by atomic mass is 35.5. The maximum Gasteiger partial charge on any atom is 0.291 e. The first kappa shape index (κ1) is 19.1. The average molecular weight is 431 g/mol. The van der Waals surface area contributed by atoms with E-state index in [2.05, 4.69) is 5.32 Å². The molecule has 0 saturated carbocycles. The molecule has 5 rings (SSSR count). The molecule has 0 fully saturated rings. The summed E-state index contributed by atoms with van der Waals surface area (Å²) in [6, 6.07) is 17.1. The molecule has 3 aromatic carbocycles. The molecule has 1 N–H and O–H groups in total. The van der Waals surface area contributed by atoms with Gasteiger partial charge in [0.25, 0.3) is 17.7 Å². The number of imide groups is 1. The lowest BCUT2D eigenvalue weighted by atomic mass is 10.1. The highest BCUT2D eigenvalue weighted by molar-refractivity contribution is 6.42. The summed E-state index contributed by atoms with van der Waals surface area (Å²) in [5.74, 6) is -1.06. The summed E-state index contributed by atoms with van der Waals surface area (Å²) in [5.41, 5.74) is 2.15. The molecule has 7 heteroatoms. The molecule has 6 nitrogen and oxygen atoms in total. The van der Waals surface area contributed by atoms with Gasteiger partial charge in [-0.1, -0.05) is 41.9 Å². The van der Waals surface area contributed by atoms with Crippen LogP contribution in [0.5, 0.6) is 0 Å². The van der Waals surface area contributed by atoms with Gasteiger partial charge in [-0.3, -0.25) is 14.4 Å². The van der Waals surface area contributed by atoms with Crippen LogP contribution in [0.4, 0.5) is 11.4 Å². The molecule has 152 valence electrons. The number of hydrogen-bond donors (Lipinski definition) is 1. The van der Waals surface area contributed by atoms with Gasteiger partial charge in [-0.25, -0.2) is 4.90 Å². The lowest BCUT2D eigenvalue weighted by molar-refractivity contribution is 0.0925. The van der Waals surface area contributed by atoms with Gasteiger partial charge in [-0.05, 0) is 37.3 Å². The fourth-order valence-electron chi connectivity index (χ4n) is 3.83. The van der Waals surface area contributed by atoms with Gasteiger partial charge in [0, 0.05) is 22.0 Å². The summed E-state index contributed by atoms with van der Waals surface area (Å²) in [7, 11) is 0. The van der Waals surface area contributed by atoms with Crippen molar-refractivity contribution in [3.63, 3.8) is 0 Å². The standard InChI is InChI=1S/C24H15ClN2O4/c1-13-11-12-31-21(13)22(28)26-18-9-10-19(15-6-3-2-5-14(15)18)27-23(29)16-7-4-8-17(25)20(16)24(27)30/h2-12H,1H3,(H,26,28). The van der Waals surface area contributed by atoms with Crippen LogP contribution in [0.25, 0.3) is 10.8 Å². The third-order valence-corrected chi connectivity index (χ3v) is 5.64. The number of carbonyl (C=O) groups is 3. The second kappa shape index (κ2) is 7.11. The summed E-state index contributed by atoms with van der Waals surface area (Å²) < 4.78 is 5.27. The first-order valence-electron chi connectivity index (χ1n) is 9.52. The minimum atomic E-state index is -0.473. The van der Waals surface area contributed by atoms with Gasteiger partial charge in [-0.15, -0.1) is 0 Å². The molecule has 3 amide bonds. The number of rotatable bonds is 3. The van der Waals surface area contributed by atoms with Crippen LogP contribution in [0.15, 0.2) is 71.3 Å². The third kappa shape index (κ3) is 2.92. The number of amides is 3. The predicted octanol–water partition coefficient (Wildman–Crippen LogP) is 5.45. The van der Waals surface area contributed by atoms with Crippen molar-refractivity contribution in [3.05, 3.63) is 94.4 Å². The number of furan rings is 1. The van der Waals surface area contributed by atoms with Gasteiger partial charge in [0.1, 0.15) is 0 Å². The van der Waals surface area contributed by atoms with Crippen LogP contribution in [0.3, 0.4) is 0 Å². The number of carbonyl (C=O) groups excluding carboxylic acids is 3. The van der Waals surface area contributed by atoms with Crippen molar-refractivity contribution in [1.82, 2.24) is 0 Å². The Morgan fingerprint density at radius 1 is 0.935 bits per heavy atom. The van der Waals surface area contributed by atoms with Crippen molar-refractivity contribution >= 4 is 51.5 Å². The summed E-state index contributed by atoms with van der Waals surface area (Å²) in [6.07, 6.45) is 1.46. The van der Waals surface area contributed by atoms with E-state index in [1.165, 1.54) is 6.26 Å². The zero-order valence-corrected chi connectivity index (χ0v) is 17.1.